The fourth-order valence-corrected chi connectivity index (χ4v) is 2.94. The molecule has 0 heterocycles. The van der Waals surface area contributed by atoms with Gasteiger partial charge in [0, 0.05) is 6.42 Å². The lowest BCUT2D eigenvalue weighted by Gasteiger charge is -2.14. The Morgan fingerprint density at radius 2 is 1.57 bits per heavy atom. The van der Waals surface area contributed by atoms with E-state index in [9.17, 15) is 0 Å². The minimum atomic E-state index is 0.545. The van der Waals surface area contributed by atoms with Gasteiger partial charge in [0.2, 0.25) is 0 Å². The molecule has 1 atom stereocenters. The fraction of sp³-hybridized carbons (Fsp3) is 0.619. The first-order chi connectivity index (χ1) is 10.3. The molecule has 21 heavy (non-hydrogen) atoms. The molecule has 1 aromatic carbocycles. The molecule has 1 unspecified atom stereocenters. The number of hydrogen-bond acceptors (Lipinski definition) is 0. The number of unbranched alkanes of at least 4 members (excludes halogenated alkanes) is 5. The van der Waals surface area contributed by atoms with Crippen molar-refractivity contribution in [2.24, 2.45) is 0 Å². The third kappa shape index (κ3) is 7.37. The van der Waals surface area contributed by atoms with Crippen LogP contribution >= 0.6 is 0 Å². The third-order valence-corrected chi connectivity index (χ3v) is 4.27. The van der Waals surface area contributed by atoms with Gasteiger partial charge in [-0.05, 0) is 36.3 Å². The summed E-state index contributed by atoms with van der Waals surface area (Å²) in [5.74, 6) is 3.37. The van der Waals surface area contributed by atoms with Crippen LogP contribution in [0.1, 0.15) is 88.7 Å². The van der Waals surface area contributed by atoms with E-state index < -0.39 is 0 Å². The third-order valence-electron chi connectivity index (χ3n) is 4.27. The van der Waals surface area contributed by atoms with E-state index in [-0.39, 0.29) is 0 Å². The first kappa shape index (κ1) is 17.8. The van der Waals surface area contributed by atoms with E-state index in [1.807, 2.05) is 0 Å². The van der Waals surface area contributed by atoms with Crippen molar-refractivity contribution in [3.8, 4) is 12.3 Å². The zero-order valence-corrected chi connectivity index (χ0v) is 14.0. The lowest BCUT2D eigenvalue weighted by Crippen LogP contribution is -1.98. The molecular weight excluding hydrogens is 252 g/mol. The Morgan fingerprint density at radius 3 is 2.19 bits per heavy atom. The van der Waals surface area contributed by atoms with Crippen LogP contribution in [0.25, 0.3) is 0 Å². The Morgan fingerprint density at radius 1 is 0.905 bits per heavy atom. The normalized spacial score (nSPS) is 12.0. The van der Waals surface area contributed by atoms with Gasteiger partial charge >= 0.3 is 0 Å². The molecule has 0 heteroatoms. The maximum absolute atomic E-state index is 5.49. The van der Waals surface area contributed by atoms with Crippen LogP contribution in [0.3, 0.4) is 0 Å². The largest absolute Gasteiger partial charge is 0.120 e. The Kier molecular flexibility index (Phi) is 9.71. The Hall–Kier alpha value is -1.22. The predicted molar refractivity (Wildman–Crippen MR) is 94.6 cm³/mol. The van der Waals surface area contributed by atoms with Crippen LogP contribution in [0, 0.1) is 12.3 Å². The average molecular weight is 284 g/mol. The predicted octanol–water partition coefficient (Wildman–Crippen LogP) is 6.50. The molecule has 116 valence electrons. The van der Waals surface area contributed by atoms with Crippen molar-refractivity contribution in [2.45, 2.75) is 84.0 Å². The number of terminal acetylenes is 1. The van der Waals surface area contributed by atoms with Crippen LogP contribution < -0.4 is 0 Å². The van der Waals surface area contributed by atoms with Crippen molar-refractivity contribution in [3.05, 3.63) is 35.4 Å². The van der Waals surface area contributed by atoms with Crippen molar-refractivity contribution >= 4 is 0 Å². The second kappa shape index (κ2) is 11.4. The summed E-state index contributed by atoms with van der Waals surface area (Å²) in [5, 5.41) is 0. The quantitative estimate of drug-likeness (QED) is 0.321. The molecule has 0 aliphatic heterocycles. The second-order valence-corrected chi connectivity index (χ2v) is 6.15. The van der Waals surface area contributed by atoms with Crippen LogP contribution in [0.5, 0.6) is 0 Å². The summed E-state index contributed by atoms with van der Waals surface area (Å²) < 4.78 is 0. The SMILES string of the molecule is C#CCC(CCC)c1ccc(CCCCCCCC)cc1. The zero-order chi connectivity index (χ0) is 15.3. The van der Waals surface area contributed by atoms with Crippen molar-refractivity contribution in [1.29, 1.82) is 0 Å². The highest BCUT2D eigenvalue weighted by atomic mass is 14.1. The lowest BCUT2D eigenvalue weighted by molar-refractivity contribution is 0.607. The van der Waals surface area contributed by atoms with Gasteiger partial charge in [-0.2, -0.15) is 0 Å². The highest BCUT2D eigenvalue weighted by Gasteiger charge is 2.09. The van der Waals surface area contributed by atoms with E-state index in [2.05, 4.69) is 44.0 Å². The van der Waals surface area contributed by atoms with Crippen molar-refractivity contribution in [2.75, 3.05) is 0 Å². The molecule has 0 spiro atoms. The summed E-state index contributed by atoms with van der Waals surface area (Å²) in [6, 6.07) is 9.20. The topological polar surface area (TPSA) is 0 Å². The van der Waals surface area contributed by atoms with Gasteiger partial charge in [0.05, 0.1) is 0 Å². The number of aryl methyl sites for hydroxylation is 1. The summed E-state index contributed by atoms with van der Waals surface area (Å²) in [5.41, 5.74) is 2.90. The number of hydrogen-bond donors (Lipinski definition) is 0. The van der Waals surface area contributed by atoms with Gasteiger partial charge in [-0.1, -0.05) is 76.6 Å². The van der Waals surface area contributed by atoms with E-state index in [1.165, 1.54) is 68.9 Å². The second-order valence-electron chi connectivity index (χ2n) is 6.15. The van der Waals surface area contributed by atoms with E-state index >= 15 is 0 Å². The first-order valence-corrected chi connectivity index (χ1v) is 8.84. The molecule has 0 bridgehead atoms. The van der Waals surface area contributed by atoms with Crippen LogP contribution in [0.2, 0.25) is 0 Å². The zero-order valence-electron chi connectivity index (χ0n) is 14.0. The number of rotatable bonds is 11. The highest BCUT2D eigenvalue weighted by molar-refractivity contribution is 5.26. The highest BCUT2D eigenvalue weighted by Crippen LogP contribution is 2.25. The minimum absolute atomic E-state index is 0.545. The average Bonchev–Trinajstić information content (AvgIpc) is 2.51. The molecule has 0 aromatic heterocycles. The number of benzene rings is 1. The molecular formula is C21H32. The first-order valence-electron chi connectivity index (χ1n) is 8.84. The molecule has 0 nitrogen and oxygen atoms in total. The van der Waals surface area contributed by atoms with Crippen molar-refractivity contribution in [3.63, 3.8) is 0 Å². The van der Waals surface area contributed by atoms with Gasteiger partial charge in [0.15, 0.2) is 0 Å². The van der Waals surface area contributed by atoms with Gasteiger partial charge < -0.3 is 0 Å². The van der Waals surface area contributed by atoms with Crippen LogP contribution in [-0.2, 0) is 6.42 Å². The van der Waals surface area contributed by atoms with E-state index in [0.29, 0.717) is 5.92 Å². The maximum atomic E-state index is 5.49. The standard InChI is InChI=1S/C21H32/c1-4-7-8-9-10-11-14-19-15-17-21(18-16-19)20(12-5-2)13-6-3/h2,15-18,20H,4,6-14H2,1,3H3. The molecule has 0 amide bonds. The Bertz CT molecular complexity index is 393. The van der Waals surface area contributed by atoms with Gasteiger partial charge in [-0.15, -0.1) is 12.3 Å². The minimum Gasteiger partial charge on any atom is -0.120 e. The van der Waals surface area contributed by atoms with Gasteiger partial charge in [0.25, 0.3) is 0 Å². The molecule has 0 aliphatic carbocycles. The van der Waals surface area contributed by atoms with E-state index in [0.717, 1.165) is 6.42 Å². The molecule has 0 radical (unpaired) electrons. The molecule has 1 rings (SSSR count). The van der Waals surface area contributed by atoms with Gasteiger partial charge in [-0.3, -0.25) is 0 Å². The van der Waals surface area contributed by atoms with Gasteiger partial charge in [0.1, 0.15) is 0 Å². The van der Waals surface area contributed by atoms with Crippen molar-refractivity contribution < 1.29 is 0 Å². The monoisotopic (exact) mass is 284 g/mol. The smallest absolute Gasteiger partial charge is 0.0155 e. The summed E-state index contributed by atoms with van der Waals surface area (Å²) >= 11 is 0. The van der Waals surface area contributed by atoms with Crippen LogP contribution in [0.4, 0.5) is 0 Å². The molecule has 0 saturated carbocycles. The summed E-state index contributed by atoms with van der Waals surface area (Å²) in [4.78, 5) is 0. The van der Waals surface area contributed by atoms with E-state index in [1.54, 1.807) is 0 Å². The molecule has 0 saturated heterocycles. The lowest BCUT2D eigenvalue weighted by atomic mass is 9.91. The molecule has 0 aliphatic rings. The Balaban J connectivity index is 2.37. The molecule has 0 N–H and O–H groups in total. The van der Waals surface area contributed by atoms with Gasteiger partial charge in [-0.25, -0.2) is 0 Å². The molecule has 1 aromatic rings. The summed E-state index contributed by atoms with van der Waals surface area (Å²) in [6.45, 7) is 4.50. The molecule has 0 fully saturated rings. The fourth-order valence-electron chi connectivity index (χ4n) is 2.94. The maximum Gasteiger partial charge on any atom is 0.0155 e. The van der Waals surface area contributed by atoms with Crippen LogP contribution in [-0.4, -0.2) is 0 Å². The Labute approximate surface area is 132 Å². The van der Waals surface area contributed by atoms with E-state index in [4.69, 9.17) is 6.42 Å². The summed E-state index contributed by atoms with van der Waals surface area (Å²) in [7, 11) is 0. The van der Waals surface area contributed by atoms with Crippen LogP contribution in [0.15, 0.2) is 24.3 Å². The van der Waals surface area contributed by atoms with Crippen molar-refractivity contribution in [1.82, 2.24) is 0 Å². The summed E-state index contributed by atoms with van der Waals surface area (Å²) in [6.07, 6.45) is 18.2.